The fourth-order valence-electron chi connectivity index (χ4n) is 2.77. The van der Waals surface area contributed by atoms with Crippen LogP contribution in [0.3, 0.4) is 0 Å². The van der Waals surface area contributed by atoms with Gasteiger partial charge in [-0.25, -0.2) is 4.79 Å². The van der Waals surface area contributed by atoms with Crippen molar-refractivity contribution in [2.75, 3.05) is 4.90 Å². The number of benzene rings is 2. The molecule has 1 aliphatic heterocycles. The standard InChI is InChI=1S/C20H18Cl2N2O3/c1-12(2)9-18(25)27-23-19-16-10-15(22)7-8-17(16)24(20(19)26)11-13-3-5-14(21)6-4-13/h3-8,10,12H,9,11H2,1-2H3/b23-19+. The lowest BCUT2D eigenvalue weighted by atomic mass is 10.1. The average molecular weight is 405 g/mol. The third-order valence-corrected chi connectivity index (χ3v) is 4.51. The predicted octanol–water partition coefficient (Wildman–Crippen LogP) is 4.83. The van der Waals surface area contributed by atoms with E-state index in [1.807, 2.05) is 26.0 Å². The Kier molecular flexibility index (Phi) is 5.82. The summed E-state index contributed by atoms with van der Waals surface area (Å²) in [6.07, 6.45) is 0.224. The topological polar surface area (TPSA) is 59.0 Å². The Morgan fingerprint density at radius 2 is 1.78 bits per heavy atom. The van der Waals surface area contributed by atoms with Crippen molar-refractivity contribution in [2.45, 2.75) is 26.8 Å². The average Bonchev–Trinajstić information content (AvgIpc) is 2.85. The van der Waals surface area contributed by atoms with E-state index in [1.54, 1.807) is 35.2 Å². The van der Waals surface area contributed by atoms with Crippen molar-refractivity contribution >= 4 is 46.5 Å². The number of rotatable bonds is 5. The molecule has 5 nitrogen and oxygen atoms in total. The summed E-state index contributed by atoms with van der Waals surface area (Å²) in [5, 5.41) is 4.93. The van der Waals surface area contributed by atoms with Crippen molar-refractivity contribution in [1.29, 1.82) is 0 Å². The van der Waals surface area contributed by atoms with Gasteiger partial charge in [0.05, 0.1) is 18.7 Å². The molecule has 0 atom stereocenters. The van der Waals surface area contributed by atoms with Crippen LogP contribution < -0.4 is 4.90 Å². The van der Waals surface area contributed by atoms with Gasteiger partial charge >= 0.3 is 5.97 Å². The second kappa shape index (κ2) is 8.11. The van der Waals surface area contributed by atoms with Crippen LogP contribution in [-0.4, -0.2) is 17.6 Å². The maximum atomic E-state index is 12.9. The van der Waals surface area contributed by atoms with Gasteiger partial charge in [0.25, 0.3) is 5.91 Å². The number of nitrogens with zero attached hydrogens (tertiary/aromatic N) is 2. The quantitative estimate of drug-likeness (QED) is 0.529. The maximum Gasteiger partial charge on any atom is 0.335 e. The first-order valence-electron chi connectivity index (χ1n) is 8.49. The fourth-order valence-corrected chi connectivity index (χ4v) is 3.07. The zero-order valence-electron chi connectivity index (χ0n) is 14.9. The Balaban J connectivity index is 1.90. The van der Waals surface area contributed by atoms with Crippen molar-refractivity contribution < 1.29 is 14.4 Å². The van der Waals surface area contributed by atoms with E-state index < -0.39 is 5.97 Å². The first-order valence-corrected chi connectivity index (χ1v) is 9.25. The van der Waals surface area contributed by atoms with Crippen molar-refractivity contribution in [3.63, 3.8) is 0 Å². The molecule has 0 aromatic heterocycles. The minimum Gasteiger partial charge on any atom is -0.317 e. The van der Waals surface area contributed by atoms with Gasteiger partial charge in [-0.1, -0.05) is 54.3 Å². The second-order valence-electron chi connectivity index (χ2n) is 6.68. The summed E-state index contributed by atoms with van der Waals surface area (Å²) in [5.74, 6) is -0.690. The normalized spacial score (nSPS) is 14.8. The third kappa shape index (κ3) is 4.49. The molecule has 0 fully saturated rings. The van der Waals surface area contributed by atoms with Gasteiger partial charge in [-0.2, -0.15) is 0 Å². The van der Waals surface area contributed by atoms with E-state index in [2.05, 4.69) is 5.16 Å². The molecule has 0 radical (unpaired) electrons. The van der Waals surface area contributed by atoms with Gasteiger partial charge in [0.15, 0.2) is 5.71 Å². The molecule has 0 N–H and O–H groups in total. The summed E-state index contributed by atoms with van der Waals surface area (Å²) in [6, 6.07) is 12.3. The molecule has 1 amide bonds. The van der Waals surface area contributed by atoms with Crippen molar-refractivity contribution in [2.24, 2.45) is 11.1 Å². The molecular formula is C20H18Cl2N2O3. The highest BCUT2D eigenvalue weighted by atomic mass is 35.5. The van der Waals surface area contributed by atoms with E-state index in [9.17, 15) is 9.59 Å². The lowest BCUT2D eigenvalue weighted by molar-refractivity contribution is -0.144. The van der Waals surface area contributed by atoms with E-state index in [0.29, 0.717) is 27.8 Å². The van der Waals surface area contributed by atoms with E-state index in [4.69, 9.17) is 28.0 Å². The van der Waals surface area contributed by atoms with Gasteiger partial charge < -0.3 is 9.74 Å². The second-order valence-corrected chi connectivity index (χ2v) is 7.55. The zero-order valence-corrected chi connectivity index (χ0v) is 16.4. The number of carbonyl (C=O) groups is 2. The SMILES string of the molecule is CC(C)CC(=O)O/N=C1/C(=O)N(Cc2ccc(Cl)cc2)c2ccc(Cl)cc21. The zero-order chi connectivity index (χ0) is 19.6. The highest BCUT2D eigenvalue weighted by Gasteiger charge is 2.35. The molecule has 1 heterocycles. The molecule has 0 saturated heterocycles. The molecule has 1 aliphatic rings. The van der Waals surface area contributed by atoms with Crippen LogP contribution in [0, 0.1) is 5.92 Å². The summed E-state index contributed by atoms with van der Waals surface area (Å²) < 4.78 is 0. The maximum absolute atomic E-state index is 12.9. The molecule has 0 bridgehead atoms. The molecule has 0 aliphatic carbocycles. The van der Waals surface area contributed by atoms with Gasteiger partial charge in [0.2, 0.25) is 0 Å². The highest BCUT2D eigenvalue weighted by molar-refractivity contribution is 6.54. The number of amides is 1. The van der Waals surface area contributed by atoms with E-state index in [0.717, 1.165) is 5.56 Å². The van der Waals surface area contributed by atoms with Gasteiger partial charge in [-0.05, 0) is 41.8 Å². The molecule has 0 unspecified atom stereocenters. The van der Waals surface area contributed by atoms with Gasteiger partial charge in [0.1, 0.15) is 0 Å². The summed E-state index contributed by atoms with van der Waals surface area (Å²) in [6.45, 7) is 4.14. The van der Waals surface area contributed by atoms with Crippen LogP contribution in [0.15, 0.2) is 47.6 Å². The van der Waals surface area contributed by atoms with Crippen LogP contribution >= 0.6 is 23.2 Å². The number of hydrogen-bond donors (Lipinski definition) is 0. The van der Waals surface area contributed by atoms with Crippen LogP contribution in [0.25, 0.3) is 0 Å². The Morgan fingerprint density at radius 1 is 1.11 bits per heavy atom. The third-order valence-electron chi connectivity index (χ3n) is 4.02. The molecule has 140 valence electrons. The van der Waals surface area contributed by atoms with Crippen molar-refractivity contribution in [1.82, 2.24) is 0 Å². The Morgan fingerprint density at radius 3 is 2.44 bits per heavy atom. The van der Waals surface area contributed by atoms with Crippen molar-refractivity contribution in [3.8, 4) is 0 Å². The molecule has 2 aromatic carbocycles. The van der Waals surface area contributed by atoms with E-state index >= 15 is 0 Å². The Labute approximate surface area is 167 Å². The molecule has 0 spiro atoms. The molecule has 27 heavy (non-hydrogen) atoms. The molecule has 3 rings (SSSR count). The lowest BCUT2D eigenvalue weighted by Gasteiger charge is -2.17. The number of halogens is 2. The van der Waals surface area contributed by atoms with E-state index in [1.165, 1.54) is 0 Å². The van der Waals surface area contributed by atoms with Crippen LogP contribution in [0.1, 0.15) is 31.4 Å². The molecule has 0 saturated carbocycles. The largest absolute Gasteiger partial charge is 0.335 e. The summed E-state index contributed by atoms with van der Waals surface area (Å²) >= 11 is 12.0. The number of hydrogen-bond acceptors (Lipinski definition) is 4. The lowest BCUT2D eigenvalue weighted by Crippen LogP contribution is -2.29. The van der Waals surface area contributed by atoms with Crippen LogP contribution in [-0.2, 0) is 21.0 Å². The highest BCUT2D eigenvalue weighted by Crippen LogP contribution is 2.33. The minimum atomic E-state index is -0.481. The smallest absolute Gasteiger partial charge is 0.317 e. The molecule has 2 aromatic rings. The number of anilines is 1. The van der Waals surface area contributed by atoms with Gasteiger partial charge in [0, 0.05) is 15.6 Å². The van der Waals surface area contributed by atoms with Gasteiger partial charge in [-0.3, -0.25) is 4.79 Å². The summed E-state index contributed by atoms with van der Waals surface area (Å²) in [4.78, 5) is 31.3. The summed E-state index contributed by atoms with van der Waals surface area (Å²) in [5.41, 5.74) is 2.18. The first-order chi connectivity index (χ1) is 12.8. The molecule has 7 heteroatoms. The number of carbonyl (C=O) groups excluding carboxylic acids is 2. The predicted molar refractivity (Wildman–Crippen MR) is 106 cm³/mol. The Bertz CT molecular complexity index is 908. The van der Waals surface area contributed by atoms with Crippen LogP contribution in [0.4, 0.5) is 5.69 Å². The first kappa shape index (κ1) is 19.4. The van der Waals surface area contributed by atoms with Crippen LogP contribution in [0.2, 0.25) is 10.0 Å². The number of oxime groups is 1. The van der Waals surface area contributed by atoms with Crippen LogP contribution in [0.5, 0.6) is 0 Å². The fraction of sp³-hybridized carbons (Fsp3) is 0.250. The van der Waals surface area contributed by atoms with E-state index in [-0.39, 0.29) is 24.0 Å². The van der Waals surface area contributed by atoms with Gasteiger partial charge in [-0.15, -0.1) is 0 Å². The Hall–Kier alpha value is -2.37. The number of fused-ring (bicyclic) bond motifs is 1. The molecular weight excluding hydrogens is 387 g/mol. The van der Waals surface area contributed by atoms with Crippen molar-refractivity contribution in [3.05, 3.63) is 63.6 Å². The minimum absolute atomic E-state index is 0.0681. The monoisotopic (exact) mass is 404 g/mol. The summed E-state index contributed by atoms with van der Waals surface area (Å²) in [7, 11) is 0.